The van der Waals surface area contributed by atoms with Crippen molar-refractivity contribution >= 4 is 17.3 Å². The largest absolute Gasteiger partial charge is 0.416 e. The molecule has 8 heteroatoms. The molecule has 0 amide bonds. The highest BCUT2D eigenvalue weighted by Gasteiger charge is 2.30. The third-order valence-electron chi connectivity index (χ3n) is 5.51. The van der Waals surface area contributed by atoms with Crippen LogP contribution in [-0.4, -0.2) is 27.2 Å². The predicted octanol–water partition coefficient (Wildman–Crippen LogP) is 5.25. The van der Waals surface area contributed by atoms with E-state index in [2.05, 4.69) is 32.8 Å². The standard InChI is InChI=1S/C23H20F3N5/c24-23(25,26)17-7-3-6-16(13-17)19-8-4-12-31-21(19)29-22(30-31)28-18-11-10-15-5-1-2-9-20(15)27-14-18/h1-9,12-13,18,27H,10-11,14H2,(H,28,30). The smallest absolute Gasteiger partial charge is 0.383 e. The lowest BCUT2D eigenvalue weighted by Crippen LogP contribution is -2.27. The topological polar surface area (TPSA) is 54.2 Å². The first-order chi connectivity index (χ1) is 15.0. The minimum absolute atomic E-state index is 0.127. The van der Waals surface area contributed by atoms with Gasteiger partial charge in [0, 0.05) is 30.0 Å². The van der Waals surface area contributed by atoms with E-state index in [9.17, 15) is 13.2 Å². The van der Waals surface area contributed by atoms with Crippen LogP contribution < -0.4 is 10.6 Å². The summed E-state index contributed by atoms with van der Waals surface area (Å²) in [5, 5.41) is 11.3. The molecule has 0 spiro atoms. The first-order valence-electron chi connectivity index (χ1n) is 10.1. The molecule has 5 nitrogen and oxygen atoms in total. The van der Waals surface area contributed by atoms with Crippen LogP contribution in [0.2, 0.25) is 0 Å². The second kappa shape index (κ2) is 7.61. The summed E-state index contributed by atoms with van der Waals surface area (Å²) in [6, 6.07) is 17.1. The van der Waals surface area contributed by atoms with Gasteiger partial charge in [0.15, 0.2) is 5.65 Å². The number of benzene rings is 2. The van der Waals surface area contributed by atoms with E-state index in [-0.39, 0.29) is 6.04 Å². The van der Waals surface area contributed by atoms with Crippen molar-refractivity contribution in [2.45, 2.75) is 25.1 Å². The lowest BCUT2D eigenvalue weighted by Gasteiger charge is -2.15. The minimum Gasteiger partial charge on any atom is -0.383 e. The van der Waals surface area contributed by atoms with Gasteiger partial charge in [-0.1, -0.05) is 30.3 Å². The normalized spacial score (nSPS) is 16.4. The second-order valence-corrected chi connectivity index (χ2v) is 7.62. The molecule has 0 radical (unpaired) electrons. The van der Waals surface area contributed by atoms with Gasteiger partial charge in [0.1, 0.15) is 0 Å². The molecule has 1 aliphatic heterocycles. The van der Waals surface area contributed by atoms with E-state index in [4.69, 9.17) is 0 Å². The molecule has 0 bridgehead atoms. The quantitative estimate of drug-likeness (QED) is 0.472. The van der Waals surface area contributed by atoms with Gasteiger partial charge in [-0.25, -0.2) is 4.52 Å². The maximum absolute atomic E-state index is 13.1. The summed E-state index contributed by atoms with van der Waals surface area (Å²) in [6.45, 7) is 0.729. The highest BCUT2D eigenvalue weighted by molar-refractivity contribution is 5.78. The Morgan fingerprint density at radius 1 is 1.03 bits per heavy atom. The third kappa shape index (κ3) is 3.93. The molecule has 3 heterocycles. The molecule has 0 fully saturated rings. The van der Waals surface area contributed by atoms with Crippen LogP contribution in [0.3, 0.4) is 0 Å². The molecule has 1 atom stereocenters. The number of rotatable bonds is 3. The highest BCUT2D eigenvalue weighted by Crippen LogP contribution is 2.33. The van der Waals surface area contributed by atoms with Crippen molar-refractivity contribution in [1.29, 1.82) is 0 Å². The van der Waals surface area contributed by atoms with E-state index in [0.717, 1.165) is 37.2 Å². The van der Waals surface area contributed by atoms with Crippen LogP contribution in [0.15, 0.2) is 66.9 Å². The van der Waals surface area contributed by atoms with Gasteiger partial charge in [-0.15, -0.1) is 5.10 Å². The van der Waals surface area contributed by atoms with Crippen LogP contribution in [0.25, 0.3) is 16.8 Å². The molecule has 4 aromatic rings. The fourth-order valence-electron chi connectivity index (χ4n) is 3.94. The molecule has 158 valence electrons. The van der Waals surface area contributed by atoms with E-state index >= 15 is 0 Å². The average Bonchev–Trinajstić information content (AvgIpc) is 3.07. The monoisotopic (exact) mass is 423 g/mol. The number of nitrogens with one attached hydrogen (secondary N) is 2. The molecule has 5 rings (SSSR count). The summed E-state index contributed by atoms with van der Waals surface area (Å²) < 4.78 is 41.0. The van der Waals surface area contributed by atoms with E-state index < -0.39 is 11.7 Å². The molecule has 31 heavy (non-hydrogen) atoms. The van der Waals surface area contributed by atoms with Gasteiger partial charge in [-0.3, -0.25) is 0 Å². The van der Waals surface area contributed by atoms with E-state index in [0.29, 0.717) is 22.7 Å². The van der Waals surface area contributed by atoms with Crippen molar-refractivity contribution < 1.29 is 13.2 Å². The number of aryl methyl sites for hydroxylation is 1. The van der Waals surface area contributed by atoms with E-state index in [1.807, 2.05) is 12.1 Å². The van der Waals surface area contributed by atoms with Crippen LogP contribution in [0.4, 0.5) is 24.8 Å². The first-order valence-corrected chi connectivity index (χ1v) is 10.1. The number of hydrogen-bond acceptors (Lipinski definition) is 4. The van der Waals surface area contributed by atoms with Gasteiger partial charge >= 0.3 is 6.18 Å². The third-order valence-corrected chi connectivity index (χ3v) is 5.51. The Bertz CT molecular complexity index is 1200. The lowest BCUT2D eigenvalue weighted by atomic mass is 10.0. The van der Waals surface area contributed by atoms with Crippen LogP contribution >= 0.6 is 0 Å². The predicted molar refractivity (Wildman–Crippen MR) is 114 cm³/mol. The van der Waals surface area contributed by atoms with Crippen molar-refractivity contribution in [3.63, 3.8) is 0 Å². The zero-order chi connectivity index (χ0) is 21.4. The molecule has 0 aliphatic carbocycles. The van der Waals surface area contributed by atoms with Crippen molar-refractivity contribution in [2.75, 3.05) is 17.2 Å². The number of pyridine rings is 1. The molecule has 2 aromatic heterocycles. The molecule has 1 unspecified atom stereocenters. The lowest BCUT2D eigenvalue weighted by molar-refractivity contribution is -0.137. The summed E-state index contributed by atoms with van der Waals surface area (Å²) in [4.78, 5) is 4.59. The average molecular weight is 423 g/mol. The van der Waals surface area contributed by atoms with Crippen LogP contribution in [0, 0.1) is 0 Å². The molecular weight excluding hydrogens is 403 g/mol. The Labute approximate surface area is 176 Å². The van der Waals surface area contributed by atoms with Crippen LogP contribution in [-0.2, 0) is 12.6 Å². The summed E-state index contributed by atoms with van der Waals surface area (Å²) in [5.74, 6) is 0.456. The second-order valence-electron chi connectivity index (χ2n) is 7.62. The Morgan fingerprint density at radius 2 is 1.90 bits per heavy atom. The Hall–Kier alpha value is -3.55. The fraction of sp³-hybridized carbons (Fsp3) is 0.217. The molecule has 0 saturated carbocycles. The van der Waals surface area contributed by atoms with E-state index in [1.165, 1.54) is 11.6 Å². The molecular formula is C23H20F3N5. The number of alkyl halides is 3. The van der Waals surface area contributed by atoms with Gasteiger partial charge in [-0.2, -0.15) is 18.2 Å². The van der Waals surface area contributed by atoms with Gasteiger partial charge in [-0.05, 0) is 54.3 Å². The van der Waals surface area contributed by atoms with Gasteiger partial charge < -0.3 is 10.6 Å². The Morgan fingerprint density at radius 3 is 2.77 bits per heavy atom. The van der Waals surface area contributed by atoms with Crippen molar-refractivity contribution in [3.05, 3.63) is 78.0 Å². The first kappa shape index (κ1) is 19.4. The van der Waals surface area contributed by atoms with Crippen molar-refractivity contribution in [2.24, 2.45) is 0 Å². The Balaban J connectivity index is 1.42. The number of nitrogens with zero attached hydrogens (tertiary/aromatic N) is 3. The maximum Gasteiger partial charge on any atom is 0.416 e. The highest BCUT2D eigenvalue weighted by atomic mass is 19.4. The summed E-state index contributed by atoms with van der Waals surface area (Å²) in [6.07, 6.45) is -0.804. The number of halogens is 3. The van der Waals surface area contributed by atoms with Gasteiger partial charge in [0.05, 0.1) is 5.56 Å². The van der Waals surface area contributed by atoms with Gasteiger partial charge in [0.2, 0.25) is 5.95 Å². The number of aromatic nitrogens is 3. The number of anilines is 2. The molecule has 2 aromatic carbocycles. The summed E-state index contributed by atoms with van der Waals surface area (Å²) in [7, 11) is 0. The summed E-state index contributed by atoms with van der Waals surface area (Å²) in [5.41, 5.74) is 3.29. The molecule has 1 aliphatic rings. The van der Waals surface area contributed by atoms with Crippen LogP contribution in [0.5, 0.6) is 0 Å². The number of hydrogen-bond donors (Lipinski definition) is 2. The van der Waals surface area contributed by atoms with E-state index in [1.54, 1.807) is 28.9 Å². The maximum atomic E-state index is 13.1. The van der Waals surface area contributed by atoms with Gasteiger partial charge in [0.25, 0.3) is 0 Å². The van der Waals surface area contributed by atoms with Crippen molar-refractivity contribution in [3.8, 4) is 11.1 Å². The zero-order valence-electron chi connectivity index (χ0n) is 16.5. The van der Waals surface area contributed by atoms with Crippen LogP contribution in [0.1, 0.15) is 17.5 Å². The number of para-hydroxylation sites is 1. The minimum atomic E-state index is -4.40. The zero-order valence-corrected chi connectivity index (χ0v) is 16.5. The van der Waals surface area contributed by atoms with Crippen molar-refractivity contribution in [1.82, 2.24) is 14.6 Å². The Kier molecular flexibility index (Phi) is 4.77. The molecule has 2 N–H and O–H groups in total. The molecule has 0 saturated heterocycles. The fourth-order valence-corrected chi connectivity index (χ4v) is 3.94. The number of fused-ring (bicyclic) bond motifs is 2. The SMILES string of the molecule is FC(F)(F)c1cccc(-c2cccn3nc(NC4CCc5ccccc5NC4)nc23)c1. The summed E-state index contributed by atoms with van der Waals surface area (Å²) >= 11 is 0.